The topological polar surface area (TPSA) is 50.5 Å². The average Bonchev–Trinajstić information content (AvgIpc) is 2.53. The highest BCUT2D eigenvalue weighted by Crippen LogP contribution is 2.23. The zero-order chi connectivity index (χ0) is 15.2. The first-order valence-electron chi connectivity index (χ1n) is 7.02. The first-order chi connectivity index (χ1) is 10.1. The Balaban J connectivity index is 2.11. The zero-order valence-corrected chi connectivity index (χ0v) is 12.8. The standard InChI is InChI=1S/C17H23N3O/c1-20(2)15-8-4-13(5-9-15)17(12-18)19-14-6-10-16(21-3)11-7-14/h4-11,17,19H,12,18H2,1-3H3. The molecule has 112 valence electrons. The van der Waals surface area contributed by atoms with E-state index in [9.17, 15) is 0 Å². The van der Waals surface area contributed by atoms with Crippen LogP contribution in [-0.4, -0.2) is 27.7 Å². The van der Waals surface area contributed by atoms with Gasteiger partial charge in [0.2, 0.25) is 0 Å². The Hall–Kier alpha value is -2.20. The predicted molar refractivity (Wildman–Crippen MR) is 89.2 cm³/mol. The summed E-state index contributed by atoms with van der Waals surface area (Å²) in [6, 6.07) is 16.4. The van der Waals surface area contributed by atoms with E-state index in [1.807, 2.05) is 38.4 Å². The number of benzene rings is 2. The molecule has 2 rings (SSSR count). The second kappa shape index (κ2) is 6.99. The lowest BCUT2D eigenvalue weighted by Crippen LogP contribution is -2.20. The van der Waals surface area contributed by atoms with Gasteiger partial charge in [0.1, 0.15) is 5.75 Å². The molecule has 4 nitrogen and oxygen atoms in total. The molecule has 2 aromatic carbocycles. The summed E-state index contributed by atoms with van der Waals surface area (Å²) < 4.78 is 5.16. The number of rotatable bonds is 6. The number of ether oxygens (including phenoxy) is 1. The van der Waals surface area contributed by atoms with E-state index in [1.165, 1.54) is 11.3 Å². The van der Waals surface area contributed by atoms with E-state index in [2.05, 4.69) is 34.5 Å². The molecule has 0 spiro atoms. The van der Waals surface area contributed by atoms with Gasteiger partial charge in [-0.05, 0) is 42.0 Å². The molecular formula is C17H23N3O. The number of anilines is 2. The Morgan fingerprint density at radius 1 is 1.05 bits per heavy atom. The molecule has 0 bridgehead atoms. The van der Waals surface area contributed by atoms with Gasteiger partial charge in [0.25, 0.3) is 0 Å². The van der Waals surface area contributed by atoms with Gasteiger partial charge < -0.3 is 20.7 Å². The largest absolute Gasteiger partial charge is 0.497 e. The molecule has 0 amide bonds. The summed E-state index contributed by atoms with van der Waals surface area (Å²) in [5.74, 6) is 0.847. The monoisotopic (exact) mass is 285 g/mol. The first kappa shape index (κ1) is 15.2. The third kappa shape index (κ3) is 3.89. The summed E-state index contributed by atoms with van der Waals surface area (Å²) in [5, 5.41) is 3.45. The number of hydrogen-bond acceptors (Lipinski definition) is 4. The van der Waals surface area contributed by atoms with Crippen LogP contribution in [0.2, 0.25) is 0 Å². The molecule has 0 aromatic heterocycles. The van der Waals surface area contributed by atoms with E-state index in [4.69, 9.17) is 10.5 Å². The number of methoxy groups -OCH3 is 1. The molecule has 0 saturated heterocycles. The van der Waals surface area contributed by atoms with E-state index in [-0.39, 0.29) is 6.04 Å². The quantitative estimate of drug-likeness (QED) is 0.857. The minimum absolute atomic E-state index is 0.0922. The van der Waals surface area contributed by atoms with E-state index in [0.29, 0.717) is 6.54 Å². The predicted octanol–water partition coefficient (Wildman–Crippen LogP) is 2.87. The summed E-state index contributed by atoms with van der Waals surface area (Å²) in [5.41, 5.74) is 9.30. The first-order valence-corrected chi connectivity index (χ1v) is 7.02. The van der Waals surface area contributed by atoms with E-state index >= 15 is 0 Å². The fraction of sp³-hybridized carbons (Fsp3) is 0.294. The summed E-state index contributed by atoms with van der Waals surface area (Å²) in [6.07, 6.45) is 0. The van der Waals surface area contributed by atoms with Crippen LogP contribution < -0.4 is 20.7 Å². The number of nitrogens with two attached hydrogens (primary N) is 1. The lowest BCUT2D eigenvalue weighted by Gasteiger charge is -2.20. The fourth-order valence-electron chi connectivity index (χ4n) is 2.17. The third-order valence-corrected chi connectivity index (χ3v) is 3.48. The molecule has 0 fully saturated rings. The molecule has 0 aliphatic carbocycles. The van der Waals surface area contributed by atoms with Crippen LogP contribution in [0, 0.1) is 0 Å². The van der Waals surface area contributed by atoms with E-state index in [0.717, 1.165) is 11.4 Å². The van der Waals surface area contributed by atoms with Crippen LogP contribution in [0.25, 0.3) is 0 Å². The Morgan fingerprint density at radius 3 is 2.14 bits per heavy atom. The molecule has 0 heterocycles. The van der Waals surface area contributed by atoms with Crippen molar-refractivity contribution >= 4 is 11.4 Å². The van der Waals surface area contributed by atoms with Gasteiger partial charge in [-0.3, -0.25) is 0 Å². The van der Waals surface area contributed by atoms with Gasteiger partial charge in [0.15, 0.2) is 0 Å². The Morgan fingerprint density at radius 2 is 1.67 bits per heavy atom. The van der Waals surface area contributed by atoms with Crippen molar-refractivity contribution in [2.45, 2.75) is 6.04 Å². The average molecular weight is 285 g/mol. The van der Waals surface area contributed by atoms with Crippen LogP contribution >= 0.6 is 0 Å². The van der Waals surface area contributed by atoms with Gasteiger partial charge in [-0.25, -0.2) is 0 Å². The molecule has 0 aliphatic heterocycles. The highest BCUT2D eigenvalue weighted by atomic mass is 16.5. The molecule has 1 unspecified atom stereocenters. The smallest absolute Gasteiger partial charge is 0.119 e. The SMILES string of the molecule is COc1ccc(NC(CN)c2ccc(N(C)C)cc2)cc1. The molecule has 4 heteroatoms. The third-order valence-electron chi connectivity index (χ3n) is 3.48. The van der Waals surface area contributed by atoms with Crippen molar-refractivity contribution in [2.24, 2.45) is 5.73 Å². The van der Waals surface area contributed by atoms with Crippen LogP contribution in [0.1, 0.15) is 11.6 Å². The Labute approximate surface area is 126 Å². The van der Waals surface area contributed by atoms with Gasteiger partial charge in [-0.15, -0.1) is 0 Å². The van der Waals surface area contributed by atoms with Gasteiger partial charge >= 0.3 is 0 Å². The van der Waals surface area contributed by atoms with Crippen molar-refractivity contribution in [3.05, 3.63) is 54.1 Å². The van der Waals surface area contributed by atoms with Crippen molar-refractivity contribution in [1.29, 1.82) is 0 Å². The molecule has 3 N–H and O–H groups in total. The van der Waals surface area contributed by atoms with E-state index in [1.54, 1.807) is 7.11 Å². The zero-order valence-electron chi connectivity index (χ0n) is 12.8. The van der Waals surface area contributed by atoms with Crippen molar-refractivity contribution in [1.82, 2.24) is 0 Å². The Bertz CT molecular complexity index is 549. The van der Waals surface area contributed by atoms with Crippen LogP contribution in [0.15, 0.2) is 48.5 Å². The highest BCUT2D eigenvalue weighted by Gasteiger charge is 2.09. The van der Waals surface area contributed by atoms with Gasteiger partial charge in [0.05, 0.1) is 13.2 Å². The minimum Gasteiger partial charge on any atom is -0.497 e. The molecule has 0 aliphatic rings. The van der Waals surface area contributed by atoms with Gasteiger partial charge in [0, 0.05) is 32.0 Å². The van der Waals surface area contributed by atoms with Crippen LogP contribution in [0.4, 0.5) is 11.4 Å². The molecule has 0 saturated carbocycles. The van der Waals surface area contributed by atoms with Crippen LogP contribution in [-0.2, 0) is 0 Å². The second-order valence-electron chi connectivity index (χ2n) is 5.15. The fourth-order valence-corrected chi connectivity index (χ4v) is 2.17. The van der Waals surface area contributed by atoms with Crippen LogP contribution in [0.3, 0.4) is 0 Å². The molecular weight excluding hydrogens is 262 g/mol. The summed E-state index contributed by atoms with van der Waals surface area (Å²) >= 11 is 0. The lowest BCUT2D eigenvalue weighted by atomic mass is 10.1. The molecule has 2 aromatic rings. The molecule has 21 heavy (non-hydrogen) atoms. The van der Waals surface area contributed by atoms with Gasteiger partial charge in [-0.2, -0.15) is 0 Å². The highest BCUT2D eigenvalue weighted by molar-refractivity contribution is 5.50. The van der Waals surface area contributed by atoms with Crippen molar-refractivity contribution in [3.63, 3.8) is 0 Å². The second-order valence-corrected chi connectivity index (χ2v) is 5.15. The van der Waals surface area contributed by atoms with Crippen molar-refractivity contribution < 1.29 is 4.74 Å². The van der Waals surface area contributed by atoms with Gasteiger partial charge in [-0.1, -0.05) is 12.1 Å². The molecule has 1 atom stereocenters. The maximum atomic E-state index is 5.91. The van der Waals surface area contributed by atoms with Crippen molar-refractivity contribution in [2.75, 3.05) is 38.0 Å². The lowest BCUT2D eigenvalue weighted by molar-refractivity contribution is 0.415. The minimum atomic E-state index is 0.0922. The maximum absolute atomic E-state index is 5.91. The Kier molecular flexibility index (Phi) is 5.06. The van der Waals surface area contributed by atoms with Crippen LogP contribution in [0.5, 0.6) is 5.75 Å². The number of nitrogens with zero attached hydrogens (tertiary/aromatic N) is 1. The normalized spacial score (nSPS) is 11.8. The number of hydrogen-bond donors (Lipinski definition) is 2. The molecule has 0 radical (unpaired) electrons. The maximum Gasteiger partial charge on any atom is 0.119 e. The summed E-state index contributed by atoms with van der Waals surface area (Å²) in [4.78, 5) is 2.08. The summed E-state index contributed by atoms with van der Waals surface area (Å²) in [6.45, 7) is 0.535. The number of nitrogens with one attached hydrogen (secondary N) is 1. The van der Waals surface area contributed by atoms with Crippen molar-refractivity contribution in [3.8, 4) is 5.75 Å². The van der Waals surface area contributed by atoms with E-state index < -0.39 is 0 Å². The summed E-state index contributed by atoms with van der Waals surface area (Å²) in [7, 11) is 5.73.